The molecular formula is C21H20ClFN4. The van der Waals surface area contributed by atoms with Gasteiger partial charge in [0.15, 0.2) is 0 Å². The second kappa shape index (κ2) is 6.91. The van der Waals surface area contributed by atoms with E-state index in [0.29, 0.717) is 23.8 Å². The van der Waals surface area contributed by atoms with Crippen LogP contribution in [0.4, 0.5) is 4.39 Å². The Balaban J connectivity index is 1.99. The molecule has 0 unspecified atom stereocenters. The molecule has 0 radical (unpaired) electrons. The molecule has 0 amide bonds. The lowest BCUT2D eigenvalue weighted by atomic mass is 10.00. The molecule has 4 nitrogen and oxygen atoms in total. The lowest BCUT2D eigenvalue weighted by molar-refractivity contribution is 0.387. The Labute approximate surface area is 162 Å². The summed E-state index contributed by atoms with van der Waals surface area (Å²) in [4.78, 5) is 11.6. The number of nitrogens with zero attached hydrogens (tertiary/aromatic N) is 4. The Morgan fingerprint density at radius 2 is 1.93 bits per heavy atom. The van der Waals surface area contributed by atoms with E-state index in [1.807, 2.05) is 45.3 Å². The van der Waals surface area contributed by atoms with Gasteiger partial charge < -0.3 is 4.90 Å². The average Bonchev–Trinajstić information content (AvgIpc) is 2.82. The maximum atomic E-state index is 14.2. The van der Waals surface area contributed by atoms with Gasteiger partial charge in [-0.05, 0) is 45.3 Å². The van der Waals surface area contributed by atoms with Crippen LogP contribution >= 0.6 is 11.6 Å². The minimum atomic E-state index is -0.303. The second-order valence-corrected chi connectivity index (χ2v) is 7.35. The highest BCUT2D eigenvalue weighted by atomic mass is 35.5. The third-order valence-electron chi connectivity index (χ3n) is 4.67. The summed E-state index contributed by atoms with van der Waals surface area (Å²) in [7, 11) is 4.01. The Morgan fingerprint density at radius 3 is 2.67 bits per heavy atom. The fraction of sp³-hybridized carbons (Fsp3) is 0.238. The van der Waals surface area contributed by atoms with Crippen LogP contribution in [0, 0.1) is 12.7 Å². The van der Waals surface area contributed by atoms with Crippen molar-refractivity contribution in [1.29, 1.82) is 0 Å². The molecule has 0 saturated carbocycles. The first-order valence-corrected chi connectivity index (χ1v) is 9.15. The molecule has 0 N–H and O–H groups in total. The molecule has 2 heterocycles. The van der Waals surface area contributed by atoms with Crippen molar-refractivity contribution in [2.75, 3.05) is 14.1 Å². The van der Waals surface area contributed by atoms with Crippen LogP contribution in [0.25, 0.3) is 5.69 Å². The molecule has 4 rings (SSSR count). The Hall–Kier alpha value is -2.50. The predicted molar refractivity (Wildman–Crippen MR) is 106 cm³/mol. The van der Waals surface area contributed by atoms with Gasteiger partial charge in [0.05, 0.1) is 35.9 Å². The van der Waals surface area contributed by atoms with Crippen molar-refractivity contribution in [3.8, 4) is 5.69 Å². The molecule has 2 aromatic carbocycles. The van der Waals surface area contributed by atoms with Crippen LogP contribution in [-0.4, -0.2) is 34.3 Å². The van der Waals surface area contributed by atoms with Gasteiger partial charge in [0.2, 0.25) is 0 Å². The maximum Gasteiger partial charge on any atom is 0.128 e. The first kappa shape index (κ1) is 17.9. The Bertz CT molecular complexity index is 1050. The third kappa shape index (κ3) is 3.17. The quantitative estimate of drug-likeness (QED) is 0.673. The fourth-order valence-corrected chi connectivity index (χ4v) is 3.72. The summed E-state index contributed by atoms with van der Waals surface area (Å²) in [5, 5.41) is 0.599. The highest BCUT2D eigenvalue weighted by Gasteiger charge is 2.25. The van der Waals surface area contributed by atoms with E-state index in [1.165, 1.54) is 12.1 Å². The van der Waals surface area contributed by atoms with Crippen molar-refractivity contribution in [2.24, 2.45) is 4.99 Å². The highest BCUT2D eigenvalue weighted by Crippen LogP contribution is 2.31. The summed E-state index contributed by atoms with van der Waals surface area (Å²) in [6.45, 7) is 3.13. The number of aromatic nitrogens is 2. The Kier molecular flexibility index (Phi) is 4.58. The van der Waals surface area contributed by atoms with Crippen LogP contribution in [-0.2, 0) is 13.1 Å². The van der Waals surface area contributed by atoms with Gasteiger partial charge in [-0.25, -0.2) is 9.37 Å². The van der Waals surface area contributed by atoms with Crippen molar-refractivity contribution < 1.29 is 4.39 Å². The van der Waals surface area contributed by atoms with E-state index in [2.05, 4.69) is 9.47 Å². The molecule has 0 fully saturated rings. The molecule has 6 heteroatoms. The molecule has 1 aliphatic rings. The second-order valence-electron chi connectivity index (χ2n) is 6.94. The largest absolute Gasteiger partial charge is 0.302 e. The van der Waals surface area contributed by atoms with Gasteiger partial charge in [-0.15, -0.1) is 0 Å². The third-order valence-corrected chi connectivity index (χ3v) is 5.00. The average molecular weight is 383 g/mol. The summed E-state index contributed by atoms with van der Waals surface area (Å²) in [5.74, 6) is 0.610. The molecule has 27 heavy (non-hydrogen) atoms. The maximum absolute atomic E-state index is 14.2. The summed E-state index contributed by atoms with van der Waals surface area (Å²) in [6, 6.07) is 12.3. The van der Waals surface area contributed by atoms with Crippen LogP contribution in [0.5, 0.6) is 0 Å². The lowest BCUT2D eigenvalue weighted by Crippen LogP contribution is -2.17. The van der Waals surface area contributed by atoms with Gasteiger partial charge in [0.25, 0.3) is 0 Å². The molecule has 0 saturated heterocycles. The number of benzene rings is 2. The number of imidazole rings is 1. The number of hydrogen-bond acceptors (Lipinski definition) is 3. The van der Waals surface area contributed by atoms with Crippen LogP contribution in [0.3, 0.4) is 0 Å². The summed E-state index contributed by atoms with van der Waals surface area (Å²) in [5.41, 5.74) is 5.05. The summed E-state index contributed by atoms with van der Waals surface area (Å²) in [6.07, 6.45) is 0. The molecule has 0 bridgehead atoms. The van der Waals surface area contributed by atoms with E-state index in [0.717, 1.165) is 34.0 Å². The smallest absolute Gasteiger partial charge is 0.128 e. The standard InChI is InChI=1S/C21H20ClFN4/c1-13-19-11-24-21(15-6-4-5-7-17(15)22)16-10-14(23)8-9-18(16)27(19)20(25-13)12-26(2)3/h4-10H,11-12H2,1-3H3. The summed E-state index contributed by atoms with van der Waals surface area (Å²) >= 11 is 6.43. The first-order valence-electron chi connectivity index (χ1n) is 8.77. The summed E-state index contributed by atoms with van der Waals surface area (Å²) < 4.78 is 16.3. The number of rotatable bonds is 3. The zero-order valence-electron chi connectivity index (χ0n) is 15.5. The van der Waals surface area contributed by atoms with E-state index in [9.17, 15) is 4.39 Å². The minimum Gasteiger partial charge on any atom is -0.302 e. The van der Waals surface area contributed by atoms with Gasteiger partial charge in [-0.1, -0.05) is 29.8 Å². The van der Waals surface area contributed by atoms with Gasteiger partial charge >= 0.3 is 0 Å². The van der Waals surface area contributed by atoms with Crippen LogP contribution < -0.4 is 0 Å². The normalized spacial score (nSPS) is 13.2. The van der Waals surface area contributed by atoms with Gasteiger partial charge in [-0.2, -0.15) is 0 Å². The number of aliphatic imine (C=N–C) groups is 1. The predicted octanol–water partition coefficient (Wildman–Crippen LogP) is 4.39. The number of hydrogen-bond donors (Lipinski definition) is 0. The lowest BCUT2D eigenvalue weighted by Gasteiger charge is -2.16. The van der Waals surface area contributed by atoms with Crippen LogP contribution in [0.15, 0.2) is 47.5 Å². The number of fused-ring (bicyclic) bond motifs is 3. The zero-order chi connectivity index (χ0) is 19.1. The molecule has 3 aromatic rings. The Morgan fingerprint density at radius 1 is 1.15 bits per heavy atom. The van der Waals surface area contributed by atoms with Gasteiger partial charge in [0, 0.05) is 16.1 Å². The number of halogens is 2. The van der Waals surface area contributed by atoms with Crippen molar-refractivity contribution in [2.45, 2.75) is 20.0 Å². The number of aryl methyl sites for hydroxylation is 1. The van der Waals surface area contributed by atoms with E-state index in [-0.39, 0.29) is 5.82 Å². The fourth-order valence-electron chi connectivity index (χ4n) is 3.50. The zero-order valence-corrected chi connectivity index (χ0v) is 16.3. The van der Waals surface area contributed by atoms with Crippen molar-refractivity contribution in [3.63, 3.8) is 0 Å². The topological polar surface area (TPSA) is 33.4 Å². The molecular weight excluding hydrogens is 363 g/mol. The molecule has 0 atom stereocenters. The van der Waals surface area contributed by atoms with Gasteiger partial charge in [0.1, 0.15) is 11.6 Å². The first-order chi connectivity index (χ1) is 13.0. The van der Waals surface area contributed by atoms with E-state index in [1.54, 1.807) is 6.07 Å². The van der Waals surface area contributed by atoms with Crippen molar-refractivity contribution in [3.05, 3.63) is 81.6 Å². The minimum absolute atomic E-state index is 0.303. The SMILES string of the molecule is Cc1nc(CN(C)C)n2c1CN=C(c1ccccc1Cl)c1cc(F)ccc1-2. The monoisotopic (exact) mass is 382 g/mol. The van der Waals surface area contributed by atoms with E-state index in [4.69, 9.17) is 21.6 Å². The molecule has 0 aliphatic carbocycles. The van der Waals surface area contributed by atoms with Crippen LogP contribution in [0.1, 0.15) is 28.3 Å². The molecule has 0 spiro atoms. The van der Waals surface area contributed by atoms with E-state index >= 15 is 0 Å². The van der Waals surface area contributed by atoms with Crippen molar-refractivity contribution in [1.82, 2.24) is 14.5 Å². The molecule has 138 valence electrons. The van der Waals surface area contributed by atoms with Crippen LogP contribution in [0.2, 0.25) is 5.02 Å². The molecule has 1 aliphatic heterocycles. The van der Waals surface area contributed by atoms with Crippen molar-refractivity contribution >= 4 is 17.3 Å². The van der Waals surface area contributed by atoms with Gasteiger partial charge in [-0.3, -0.25) is 9.56 Å². The van der Waals surface area contributed by atoms with E-state index < -0.39 is 0 Å². The molecule has 1 aromatic heterocycles. The highest BCUT2D eigenvalue weighted by molar-refractivity contribution is 6.35.